The topological polar surface area (TPSA) is 122 Å². The van der Waals surface area contributed by atoms with E-state index in [1.165, 1.54) is 0 Å². The Kier molecular flexibility index (Phi) is 14.5. The van der Waals surface area contributed by atoms with E-state index in [1.807, 2.05) is 31.2 Å². The van der Waals surface area contributed by atoms with E-state index in [2.05, 4.69) is 29.8 Å². The van der Waals surface area contributed by atoms with Crippen LogP contribution in [0.25, 0.3) is 0 Å². The summed E-state index contributed by atoms with van der Waals surface area (Å²) in [7, 11) is 0. The van der Waals surface area contributed by atoms with Gasteiger partial charge in [-0.3, -0.25) is 14.4 Å². The van der Waals surface area contributed by atoms with Gasteiger partial charge in [-0.25, -0.2) is 0 Å². The zero-order valence-corrected chi connectivity index (χ0v) is 28.9. The normalized spacial score (nSPS) is 26.0. The number of ether oxygens (including phenoxy) is 2. The number of rotatable bonds is 17. The minimum atomic E-state index is -0.819. The summed E-state index contributed by atoms with van der Waals surface area (Å²) in [5, 5.41) is 23.1. The molecule has 3 unspecified atom stereocenters. The number of para-hydroxylation sites is 1. The summed E-state index contributed by atoms with van der Waals surface area (Å²) in [5.74, 6) is 5.17. The number of carbonyl (C=O) groups is 3. The van der Waals surface area contributed by atoms with Crippen molar-refractivity contribution in [2.24, 2.45) is 23.7 Å². The maximum atomic E-state index is 13.8. The maximum Gasteiger partial charge on any atom is 0.310 e. The number of thiol groups is 1. The number of aryl methyl sites for hydroxylation is 1. The number of aliphatic hydroxyl groups is 1. The van der Waals surface area contributed by atoms with Crippen molar-refractivity contribution >= 4 is 30.5 Å². The molecule has 2 saturated carbocycles. The van der Waals surface area contributed by atoms with Gasteiger partial charge in [0, 0.05) is 43.2 Å². The number of amides is 1. The predicted octanol–water partition coefficient (Wildman–Crippen LogP) is 6.25. The van der Waals surface area contributed by atoms with Crippen LogP contribution >= 0.6 is 12.6 Å². The van der Waals surface area contributed by atoms with Crippen molar-refractivity contribution < 1.29 is 34.1 Å². The number of unbranched alkanes of at least 4 members (excludes halogenated alkanes) is 3. The Morgan fingerprint density at radius 2 is 1.89 bits per heavy atom. The highest BCUT2D eigenvalue weighted by atomic mass is 32.1. The highest BCUT2D eigenvalue weighted by molar-refractivity contribution is 7.80. The minimum absolute atomic E-state index is 0.0550. The van der Waals surface area contributed by atoms with Crippen LogP contribution in [0.2, 0.25) is 0 Å². The number of carboxylic acids is 1. The Balaban J connectivity index is 1.50. The Morgan fingerprint density at radius 3 is 2.64 bits per heavy atom. The van der Waals surface area contributed by atoms with Crippen LogP contribution in [0.4, 0.5) is 0 Å². The standard InChI is InChI=1S/C38H53NO7S/c1-3-4-13-25(2)31(40)21-20-29-32(24-33-35(29)30-18-11-14-26(36(30)45-33)15-12-19-34(41)42)46-38(44)28-17-8-7-16-27(28)37(43)39-22-9-5-6-10-23-47/h11,14,18,20-21,25,27-29,31-33,35,40,47H,5-10,12-13,15-17,19,22-24H2,1-2H3,(H,39,43)(H,41,42)/b21-20+/t25?,27?,28?,29-,31+,32+,33-,35-/m0/s1. The highest BCUT2D eigenvalue weighted by Gasteiger charge is 2.52. The van der Waals surface area contributed by atoms with E-state index >= 15 is 0 Å². The number of esters is 1. The van der Waals surface area contributed by atoms with E-state index in [0.29, 0.717) is 45.1 Å². The molecule has 1 aromatic rings. The zero-order valence-electron chi connectivity index (χ0n) is 28.0. The molecule has 0 spiro atoms. The molecule has 3 aliphatic rings. The lowest BCUT2D eigenvalue weighted by Crippen LogP contribution is -2.41. The first kappa shape index (κ1) is 36.9. The average molecular weight is 668 g/mol. The van der Waals surface area contributed by atoms with Crippen LogP contribution in [-0.4, -0.2) is 58.7 Å². The number of benzene rings is 1. The summed E-state index contributed by atoms with van der Waals surface area (Å²) in [6, 6.07) is 6.01. The monoisotopic (exact) mass is 667 g/mol. The molecule has 0 saturated heterocycles. The fourth-order valence-electron chi connectivity index (χ4n) is 7.41. The molecule has 1 aromatic carbocycles. The van der Waals surface area contributed by atoms with Crippen LogP contribution in [-0.2, 0) is 25.5 Å². The van der Waals surface area contributed by atoms with Crippen LogP contribution in [0, 0.1) is 35.5 Å². The average Bonchev–Trinajstić information content (AvgIpc) is 3.59. The molecule has 2 fully saturated rings. The van der Waals surface area contributed by atoms with Gasteiger partial charge in [-0.15, -0.1) is 11.8 Å². The number of fused-ring (bicyclic) bond motifs is 3. The van der Waals surface area contributed by atoms with Gasteiger partial charge in [-0.2, -0.15) is 12.6 Å². The third kappa shape index (κ3) is 10.0. The second-order valence-corrected chi connectivity index (χ2v) is 13.9. The molecule has 9 heteroatoms. The Labute approximate surface area is 285 Å². The number of aliphatic carboxylic acids is 1. The molecule has 0 aromatic heterocycles. The molecule has 0 bridgehead atoms. The van der Waals surface area contributed by atoms with Gasteiger partial charge < -0.3 is 25.0 Å². The van der Waals surface area contributed by atoms with E-state index in [-0.39, 0.29) is 42.2 Å². The van der Waals surface area contributed by atoms with Crippen molar-refractivity contribution in [3.8, 4) is 17.6 Å². The van der Waals surface area contributed by atoms with Crippen molar-refractivity contribution in [1.82, 2.24) is 5.32 Å². The molecule has 1 aliphatic heterocycles. The number of nitrogens with one attached hydrogen (secondary N) is 1. The van der Waals surface area contributed by atoms with Gasteiger partial charge in [-0.1, -0.05) is 63.0 Å². The first-order valence-electron chi connectivity index (χ1n) is 17.6. The van der Waals surface area contributed by atoms with Gasteiger partial charge >= 0.3 is 11.9 Å². The summed E-state index contributed by atoms with van der Waals surface area (Å²) < 4.78 is 12.8. The molecular formula is C38H53NO7S. The summed E-state index contributed by atoms with van der Waals surface area (Å²) in [6.07, 6.45) is 11.9. The van der Waals surface area contributed by atoms with Crippen molar-refractivity contribution in [3.05, 3.63) is 41.5 Å². The first-order chi connectivity index (χ1) is 22.7. The number of aliphatic hydroxyl groups excluding tert-OH is 1. The van der Waals surface area contributed by atoms with E-state index in [1.54, 1.807) is 13.0 Å². The second kappa shape index (κ2) is 18.5. The van der Waals surface area contributed by atoms with Crippen molar-refractivity contribution in [2.45, 2.75) is 122 Å². The third-order valence-corrected chi connectivity index (χ3v) is 10.4. The molecule has 4 rings (SSSR count). The molecule has 1 amide bonds. The molecule has 2 aliphatic carbocycles. The van der Waals surface area contributed by atoms with Gasteiger partial charge in [0.25, 0.3) is 0 Å². The Bertz CT molecular complexity index is 1300. The van der Waals surface area contributed by atoms with Crippen LogP contribution in [0.1, 0.15) is 108 Å². The Morgan fingerprint density at radius 1 is 1.13 bits per heavy atom. The molecule has 3 N–H and O–H groups in total. The fourth-order valence-corrected chi connectivity index (χ4v) is 7.64. The van der Waals surface area contributed by atoms with Crippen LogP contribution in [0.3, 0.4) is 0 Å². The van der Waals surface area contributed by atoms with Gasteiger partial charge in [0.2, 0.25) is 5.91 Å². The molecule has 47 heavy (non-hydrogen) atoms. The number of carbonyl (C=O) groups excluding carboxylic acids is 2. The maximum absolute atomic E-state index is 13.8. The van der Waals surface area contributed by atoms with E-state index < -0.39 is 30.0 Å². The highest BCUT2D eigenvalue weighted by Crippen LogP contribution is 2.53. The van der Waals surface area contributed by atoms with E-state index in [4.69, 9.17) is 14.6 Å². The summed E-state index contributed by atoms with van der Waals surface area (Å²) >= 11 is 4.26. The molecule has 258 valence electrons. The predicted molar refractivity (Wildman–Crippen MR) is 185 cm³/mol. The number of hydrogen-bond acceptors (Lipinski definition) is 7. The third-order valence-electron chi connectivity index (χ3n) is 10.1. The molecule has 8 nitrogen and oxygen atoms in total. The molecule has 1 heterocycles. The lowest BCUT2D eigenvalue weighted by molar-refractivity contribution is -0.161. The van der Waals surface area contributed by atoms with E-state index in [0.717, 1.165) is 61.2 Å². The van der Waals surface area contributed by atoms with E-state index in [9.17, 15) is 19.5 Å². The summed E-state index contributed by atoms with van der Waals surface area (Å²) in [5.41, 5.74) is 2.01. The smallest absolute Gasteiger partial charge is 0.310 e. The summed E-state index contributed by atoms with van der Waals surface area (Å²) in [4.78, 5) is 38.2. The lowest BCUT2D eigenvalue weighted by Gasteiger charge is -2.31. The van der Waals surface area contributed by atoms with Gasteiger partial charge in [0.05, 0.1) is 17.9 Å². The van der Waals surface area contributed by atoms with Crippen molar-refractivity contribution in [1.29, 1.82) is 0 Å². The van der Waals surface area contributed by atoms with Crippen LogP contribution in [0.15, 0.2) is 30.4 Å². The second-order valence-electron chi connectivity index (χ2n) is 13.5. The number of hydrogen-bond donors (Lipinski definition) is 4. The van der Waals surface area contributed by atoms with Gasteiger partial charge in [0.1, 0.15) is 18.0 Å². The van der Waals surface area contributed by atoms with Crippen LogP contribution < -0.4 is 10.1 Å². The quantitative estimate of drug-likeness (QED) is 0.0510. The van der Waals surface area contributed by atoms with Crippen molar-refractivity contribution in [3.63, 3.8) is 0 Å². The minimum Gasteiger partial charge on any atom is -0.489 e. The molecule has 0 radical (unpaired) electrons. The fraction of sp³-hybridized carbons (Fsp3) is 0.658. The Hall–Kier alpha value is -2.96. The number of carboxylic acid groups (broad SMARTS) is 1. The largest absolute Gasteiger partial charge is 0.489 e. The van der Waals surface area contributed by atoms with Gasteiger partial charge in [-0.05, 0) is 62.7 Å². The summed E-state index contributed by atoms with van der Waals surface area (Å²) in [6.45, 7) is 4.36. The molecular weight excluding hydrogens is 614 g/mol. The molecule has 8 atom stereocenters. The van der Waals surface area contributed by atoms with Gasteiger partial charge in [0.15, 0.2) is 0 Å². The lowest BCUT2D eigenvalue weighted by atomic mass is 9.78. The zero-order chi connectivity index (χ0) is 33.8. The van der Waals surface area contributed by atoms with Crippen molar-refractivity contribution in [2.75, 3.05) is 12.3 Å². The van der Waals surface area contributed by atoms with Crippen LogP contribution in [0.5, 0.6) is 5.75 Å². The first-order valence-corrected chi connectivity index (χ1v) is 18.2. The SMILES string of the molecule is CC#CCC(C)[C@H](O)/C=C/[C@@H]1[C@H]2c3cccc(CCCC(=O)O)c3O[C@H]2C[C@H]1OC(=O)C1CCCCC1C(=O)NCCCCCCS.